The van der Waals surface area contributed by atoms with Gasteiger partial charge in [0, 0.05) is 12.7 Å². The molecule has 2 aromatic rings. The van der Waals surface area contributed by atoms with Crippen molar-refractivity contribution in [3.63, 3.8) is 0 Å². The van der Waals surface area contributed by atoms with Crippen molar-refractivity contribution in [2.75, 3.05) is 7.05 Å². The number of imidazole rings is 1. The van der Waals surface area contributed by atoms with E-state index in [1.807, 2.05) is 31.7 Å². The van der Waals surface area contributed by atoms with E-state index in [1.54, 1.807) is 0 Å². The van der Waals surface area contributed by atoms with Crippen LogP contribution >= 0.6 is 0 Å². The van der Waals surface area contributed by atoms with Crippen molar-refractivity contribution >= 4 is 0 Å². The maximum absolute atomic E-state index is 12.8. The molecule has 0 spiro atoms. The van der Waals surface area contributed by atoms with Gasteiger partial charge in [0.15, 0.2) is 0 Å². The van der Waals surface area contributed by atoms with E-state index in [0.29, 0.717) is 0 Å². The van der Waals surface area contributed by atoms with Crippen molar-refractivity contribution in [1.29, 1.82) is 0 Å². The van der Waals surface area contributed by atoms with Gasteiger partial charge in [0.25, 0.3) is 0 Å². The third-order valence-corrected chi connectivity index (χ3v) is 3.53. The Balaban J connectivity index is 2.08. The molecule has 0 fully saturated rings. The number of halogens is 1. The molecular weight excluding hydrogens is 241 g/mol. The van der Waals surface area contributed by atoms with E-state index in [0.717, 1.165) is 24.2 Å². The van der Waals surface area contributed by atoms with Gasteiger partial charge in [0.2, 0.25) is 0 Å². The molecule has 0 radical (unpaired) electrons. The summed E-state index contributed by atoms with van der Waals surface area (Å²) in [5.74, 6) is -0.191. The van der Waals surface area contributed by atoms with Gasteiger partial charge in [-0.05, 0) is 45.0 Å². The average Bonchev–Trinajstić information content (AvgIpc) is 2.87. The molecule has 3 nitrogen and oxygen atoms in total. The van der Waals surface area contributed by atoms with Crippen molar-refractivity contribution in [3.05, 3.63) is 53.9 Å². The molecule has 0 amide bonds. The first-order valence-corrected chi connectivity index (χ1v) is 6.47. The number of nitrogens with one attached hydrogen (secondary N) is 1. The summed E-state index contributed by atoms with van der Waals surface area (Å²) in [5.41, 5.74) is 2.17. The second-order valence-corrected chi connectivity index (χ2v) is 5.22. The van der Waals surface area contributed by atoms with Crippen LogP contribution in [0.3, 0.4) is 0 Å². The van der Waals surface area contributed by atoms with Gasteiger partial charge in [-0.15, -0.1) is 0 Å². The minimum Gasteiger partial charge on any atom is -0.333 e. The second-order valence-electron chi connectivity index (χ2n) is 5.22. The molecular formula is C15H20FN3. The van der Waals surface area contributed by atoms with E-state index in [9.17, 15) is 4.39 Å². The van der Waals surface area contributed by atoms with Crippen LogP contribution in [-0.2, 0) is 18.5 Å². The maximum atomic E-state index is 12.8. The van der Waals surface area contributed by atoms with Crippen molar-refractivity contribution < 1.29 is 4.39 Å². The van der Waals surface area contributed by atoms with Gasteiger partial charge in [-0.3, -0.25) is 0 Å². The number of hydrogen-bond acceptors (Lipinski definition) is 2. The lowest BCUT2D eigenvalue weighted by molar-refractivity contribution is 0.408. The Morgan fingerprint density at radius 2 is 1.95 bits per heavy atom. The number of rotatable bonds is 5. The normalized spacial score (nSPS) is 11.8. The van der Waals surface area contributed by atoms with E-state index < -0.39 is 0 Å². The van der Waals surface area contributed by atoms with Gasteiger partial charge in [-0.1, -0.05) is 12.1 Å². The highest BCUT2D eigenvalue weighted by atomic mass is 19.1. The number of aromatic nitrogens is 2. The van der Waals surface area contributed by atoms with Crippen LogP contribution in [0.4, 0.5) is 4.39 Å². The molecule has 102 valence electrons. The summed E-state index contributed by atoms with van der Waals surface area (Å²) < 4.78 is 15.0. The first-order chi connectivity index (χ1) is 9.03. The number of benzene rings is 1. The molecule has 1 aromatic carbocycles. The second kappa shape index (κ2) is 5.53. The summed E-state index contributed by atoms with van der Waals surface area (Å²) in [6, 6.07) is 6.66. The fourth-order valence-electron chi connectivity index (χ4n) is 2.05. The van der Waals surface area contributed by atoms with Crippen LogP contribution in [0.5, 0.6) is 0 Å². The van der Waals surface area contributed by atoms with Gasteiger partial charge < -0.3 is 9.88 Å². The predicted molar refractivity (Wildman–Crippen MR) is 74.4 cm³/mol. The first kappa shape index (κ1) is 13.7. The molecule has 0 aliphatic carbocycles. The van der Waals surface area contributed by atoms with E-state index in [2.05, 4.69) is 28.7 Å². The summed E-state index contributed by atoms with van der Waals surface area (Å²) in [6.07, 6.45) is 4.60. The molecule has 1 N–H and O–H groups in total. The van der Waals surface area contributed by atoms with Gasteiger partial charge >= 0.3 is 0 Å². The molecule has 0 saturated heterocycles. The molecule has 0 atom stereocenters. The van der Waals surface area contributed by atoms with Gasteiger partial charge in [-0.2, -0.15) is 0 Å². The van der Waals surface area contributed by atoms with Gasteiger partial charge in [-0.25, -0.2) is 9.37 Å². The van der Waals surface area contributed by atoms with Crippen LogP contribution in [0.2, 0.25) is 0 Å². The van der Waals surface area contributed by atoms with Crippen LogP contribution in [0.25, 0.3) is 0 Å². The monoisotopic (exact) mass is 261 g/mol. The van der Waals surface area contributed by atoms with Crippen molar-refractivity contribution in [2.24, 2.45) is 0 Å². The molecule has 1 heterocycles. The molecule has 4 heteroatoms. The largest absolute Gasteiger partial charge is 0.333 e. The van der Waals surface area contributed by atoms with Crippen molar-refractivity contribution in [1.82, 2.24) is 14.9 Å². The Bertz CT molecular complexity index is 529. The van der Waals surface area contributed by atoms with Crippen molar-refractivity contribution in [2.45, 2.75) is 32.4 Å². The highest BCUT2D eigenvalue weighted by Gasteiger charge is 2.21. The standard InChI is InChI=1S/C15H20FN3/c1-15(2,17-3)14-10-18-11-19(14)9-8-12-4-6-13(16)7-5-12/h4-7,10-11,17H,8-9H2,1-3H3. The summed E-state index contributed by atoms with van der Waals surface area (Å²) >= 11 is 0. The number of nitrogens with zero attached hydrogens (tertiary/aromatic N) is 2. The fraction of sp³-hybridized carbons (Fsp3) is 0.400. The summed E-state index contributed by atoms with van der Waals surface area (Å²) in [5, 5.41) is 3.28. The number of hydrogen-bond donors (Lipinski definition) is 1. The molecule has 2 rings (SSSR count). The lowest BCUT2D eigenvalue weighted by Crippen LogP contribution is -2.35. The van der Waals surface area contributed by atoms with E-state index >= 15 is 0 Å². The smallest absolute Gasteiger partial charge is 0.123 e. The minimum absolute atomic E-state index is 0.112. The summed E-state index contributed by atoms with van der Waals surface area (Å²) in [4.78, 5) is 4.23. The molecule has 1 aromatic heterocycles. The summed E-state index contributed by atoms with van der Waals surface area (Å²) in [7, 11) is 1.94. The van der Waals surface area contributed by atoms with Gasteiger partial charge in [0.05, 0.1) is 17.6 Å². The predicted octanol–water partition coefficient (Wildman–Crippen LogP) is 2.72. The molecule has 0 unspecified atom stereocenters. The van der Waals surface area contributed by atoms with Crippen LogP contribution in [0.1, 0.15) is 25.1 Å². The Labute approximate surface area is 113 Å². The molecule has 19 heavy (non-hydrogen) atoms. The van der Waals surface area contributed by atoms with E-state index in [4.69, 9.17) is 0 Å². The van der Waals surface area contributed by atoms with Crippen LogP contribution in [0, 0.1) is 5.82 Å². The first-order valence-electron chi connectivity index (χ1n) is 6.47. The highest BCUT2D eigenvalue weighted by Crippen LogP contribution is 2.19. The molecule has 0 bridgehead atoms. The van der Waals surface area contributed by atoms with Crippen LogP contribution in [-0.4, -0.2) is 16.6 Å². The van der Waals surface area contributed by atoms with Gasteiger partial charge in [0.1, 0.15) is 5.82 Å². The molecule has 0 saturated carbocycles. The lowest BCUT2D eigenvalue weighted by Gasteiger charge is -2.25. The SMILES string of the molecule is CNC(C)(C)c1cncn1CCc1ccc(F)cc1. The lowest BCUT2D eigenvalue weighted by atomic mass is 10.0. The quantitative estimate of drug-likeness (QED) is 0.897. The Morgan fingerprint density at radius 1 is 1.26 bits per heavy atom. The third kappa shape index (κ3) is 3.20. The van der Waals surface area contributed by atoms with Crippen LogP contribution < -0.4 is 5.32 Å². The Morgan fingerprint density at radius 3 is 2.58 bits per heavy atom. The van der Waals surface area contributed by atoms with Crippen molar-refractivity contribution in [3.8, 4) is 0 Å². The van der Waals surface area contributed by atoms with E-state index in [1.165, 1.54) is 12.1 Å². The number of aryl methyl sites for hydroxylation is 2. The zero-order chi connectivity index (χ0) is 13.9. The average molecular weight is 261 g/mol. The topological polar surface area (TPSA) is 29.9 Å². The fourth-order valence-corrected chi connectivity index (χ4v) is 2.05. The zero-order valence-electron chi connectivity index (χ0n) is 11.7. The zero-order valence-corrected chi connectivity index (χ0v) is 11.7. The third-order valence-electron chi connectivity index (χ3n) is 3.53. The highest BCUT2D eigenvalue weighted by molar-refractivity contribution is 5.17. The van der Waals surface area contributed by atoms with E-state index in [-0.39, 0.29) is 11.4 Å². The summed E-state index contributed by atoms with van der Waals surface area (Å²) in [6.45, 7) is 5.09. The Hall–Kier alpha value is -1.68. The minimum atomic E-state index is -0.191. The maximum Gasteiger partial charge on any atom is 0.123 e. The van der Waals surface area contributed by atoms with Crippen LogP contribution in [0.15, 0.2) is 36.8 Å². The molecule has 0 aliphatic heterocycles. The molecule has 0 aliphatic rings. The Kier molecular flexibility index (Phi) is 4.00.